The van der Waals surface area contributed by atoms with Crippen molar-refractivity contribution in [1.29, 1.82) is 0 Å². The average Bonchev–Trinajstić information content (AvgIpc) is 2.57. The molecule has 0 radical (unpaired) electrons. The van der Waals surface area contributed by atoms with Gasteiger partial charge < -0.3 is 25.6 Å². The van der Waals surface area contributed by atoms with Gasteiger partial charge in [-0.25, -0.2) is 9.78 Å². The van der Waals surface area contributed by atoms with Crippen molar-refractivity contribution in [2.45, 2.75) is 45.4 Å². The molecule has 1 amide bonds. The van der Waals surface area contributed by atoms with Gasteiger partial charge in [0, 0.05) is 17.5 Å². The third-order valence-corrected chi connectivity index (χ3v) is 4.05. The van der Waals surface area contributed by atoms with Gasteiger partial charge in [-0.15, -0.1) is 0 Å². The van der Waals surface area contributed by atoms with Gasteiger partial charge in [-0.05, 0) is 39.8 Å². The number of ether oxygens (including phenoxy) is 1. The van der Waals surface area contributed by atoms with Gasteiger partial charge in [-0.2, -0.15) is 0 Å². The van der Waals surface area contributed by atoms with Crippen LogP contribution in [0, 0.1) is 0 Å². The number of rotatable bonds is 6. The number of aromatic nitrogens is 1. The van der Waals surface area contributed by atoms with Crippen LogP contribution in [0.25, 0.3) is 10.9 Å². The number of nitrogens with zero attached hydrogens (tertiary/aromatic N) is 1. The number of aliphatic hydroxyl groups is 2. The molecule has 1 aromatic carbocycles. The van der Waals surface area contributed by atoms with Gasteiger partial charge in [-0.3, -0.25) is 0 Å². The highest BCUT2D eigenvalue weighted by Gasteiger charge is 2.21. The largest absolute Gasteiger partial charge is 0.444 e. The van der Waals surface area contributed by atoms with Gasteiger partial charge in [0.05, 0.1) is 29.3 Å². The first kappa shape index (κ1) is 21.2. The van der Waals surface area contributed by atoms with E-state index in [1.165, 1.54) is 0 Å². The zero-order valence-electron chi connectivity index (χ0n) is 15.9. The highest BCUT2D eigenvalue weighted by Crippen LogP contribution is 2.29. The smallest absolute Gasteiger partial charge is 0.408 e. The van der Waals surface area contributed by atoms with Crippen LogP contribution >= 0.6 is 11.6 Å². The van der Waals surface area contributed by atoms with E-state index in [1.54, 1.807) is 26.8 Å². The molecule has 2 atom stereocenters. The van der Waals surface area contributed by atoms with Crippen LogP contribution in [0.5, 0.6) is 0 Å². The topological polar surface area (TPSA) is 104 Å². The number of pyridine rings is 1. The minimum atomic E-state index is -0.935. The molecule has 0 saturated carbocycles. The Morgan fingerprint density at radius 1 is 1.37 bits per heavy atom. The molecule has 7 nitrogen and oxygen atoms in total. The summed E-state index contributed by atoms with van der Waals surface area (Å²) in [7, 11) is 0. The molecule has 27 heavy (non-hydrogen) atoms. The minimum Gasteiger partial charge on any atom is -0.444 e. The summed E-state index contributed by atoms with van der Waals surface area (Å²) in [6.45, 7) is 6.92. The maximum absolute atomic E-state index is 12.1. The van der Waals surface area contributed by atoms with Crippen LogP contribution < -0.4 is 10.6 Å². The van der Waals surface area contributed by atoms with Gasteiger partial charge in [0.15, 0.2) is 0 Å². The highest BCUT2D eigenvalue weighted by atomic mass is 35.5. The maximum atomic E-state index is 12.1. The predicted octanol–water partition coefficient (Wildman–Crippen LogP) is 3.24. The Kier molecular flexibility index (Phi) is 6.86. The second-order valence-electron chi connectivity index (χ2n) is 7.32. The van der Waals surface area contributed by atoms with E-state index >= 15 is 0 Å². The molecule has 0 aliphatic heterocycles. The van der Waals surface area contributed by atoms with E-state index in [-0.39, 0.29) is 13.2 Å². The summed E-state index contributed by atoms with van der Waals surface area (Å²) in [5.74, 6) is 0.464. The van der Waals surface area contributed by atoms with Crippen LogP contribution in [0.3, 0.4) is 0 Å². The standard InChI is InChI=1S/C19H26ClN3O4/c1-11(22-18(26)27-19(2,3)4)14-8-12-6-5-7-15(20)16(12)23-17(14)21-9-13(25)10-24/h5-8,11,13,24-25H,9-10H2,1-4H3,(H,21,23)(H,22,26). The lowest BCUT2D eigenvalue weighted by atomic mass is 10.1. The summed E-state index contributed by atoms with van der Waals surface area (Å²) < 4.78 is 5.31. The van der Waals surface area contributed by atoms with Gasteiger partial charge in [-0.1, -0.05) is 23.7 Å². The van der Waals surface area contributed by atoms with Gasteiger partial charge >= 0.3 is 6.09 Å². The molecule has 2 rings (SSSR count). The van der Waals surface area contributed by atoms with E-state index in [2.05, 4.69) is 15.6 Å². The number of aliphatic hydroxyl groups excluding tert-OH is 2. The summed E-state index contributed by atoms with van der Waals surface area (Å²) in [4.78, 5) is 16.7. The normalized spacial score (nSPS) is 13.9. The monoisotopic (exact) mass is 395 g/mol. The lowest BCUT2D eigenvalue weighted by molar-refractivity contribution is 0.0508. The van der Waals surface area contributed by atoms with Crippen molar-refractivity contribution in [2.24, 2.45) is 0 Å². The molecule has 2 aromatic rings. The first-order valence-corrected chi connectivity index (χ1v) is 9.10. The van der Waals surface area contributed by atoms with E-state index in [4.69, 9.17) is 21.4 Å². The van der Waals surface area contributed by atoms with E-state index in [1.807, 2.05) is 25.1 Å². The first-order valence-electron chi connectivity index (χ1n) is 8.72. The number of benzene rings is 1. The number of hydrogen-bond acceptors (Lipinski definition) is 6. The van der Waals surface area contributed by atoms with Crippen LogP contribution in [0.15, 0.2) is 24.3 Å². The molecule has 8 heteroatoms. The van der Waals surface area contributed by atoms with Crippen LogP contribution in [-0.4, -0.2) is 46.1 Å². The molecule has 0 spiro atoms. The van der Waals surface area contributed by atoms with E-state index in [0.717, 1.165) is 5.39 Å². The van der Waals surface area contributed by atoms with E-state index in [9.17, 15) is 9.90 Å². The van der Waals surface area contributed by atoms with E-state index in [0.29, 0.717) is 21.9 Å². The average molecular weight is 396 g/mol. The molecule has 148 valence electrons. The number of fused-ring (bicyclic) bond motifs is 1. The highest BCUT2D eigenvalue weighted by molar-refractivity contribution is 6.35. The fourth-order valence-electron chi connectivity index (χ4n) is 2.49. The summed E-state index contributed by atoms with van der Waals surface area (Å²) in [5.41, 5.74) is 0.708. The lowest BCUT2D eigenvalue weighted by Gasteiger charge is -2.23. The first-order chi connectivity index (χ1) is 12.6. The molecule has 1 aromatic heterocycles. The number of anilines is 1. The van der Waals surface area contributed by atoms with Gasteiger partial charge in [0.25, 0.3) is 0 Å². The quantitative estimate of drug-likeness (QED) is 0.598. The zero-order valence-corrected chi connectivity index (χ0v) is 16.7. The molecule has 4 N–H and O–H groups in total. The van der Waals surface area contributed by atoms with Crippen LogP contribution in [-0.2, 0) is 4.74 Å². The second kappa shape index (κ2) is 8.73. The molecular formula is C19H26ClN3O4. The number of nitrogens with one attached hydrogen (secondary N) is 2. The molecule has 2 unspecified atom stereocenters. The number of carbonyl (C=O) groups excluding carboxylic acids is 1. The van der Waals surface area contributed by atoms with Crippen LogP contribution in [0.4, 0.5) is 10.6 Å². The van der Waals surface area contributed by atoms with Crippen molar-refractivity contribution < 1.29 is 19.7 Å². The Balaban J connectivity index is 2.35. The number of alkyl carbamates (subject to hydrolysis) is 1. The van der Waals surface area contributed by atoms with E-state index < -0.39 is 23.8 Å². The predicted molar refractivity (Wildman–Crippen MR) is 106 cm³/mol. The molecule has 0 aliphatic rings. The number of amides is 1. The summed E-state index contributed by atoms with van der Waals surface area (Å²) >= 11 is 6.24. The second-order valence-corrected chi connectivity index (χ2v) is 7.73. The number of halogens is 1. The molecule has 0 bridgehead atoms. The molecule has 0 saturated heterocycles. The van der Waals surface area contributed by atoms with Crippen molar-refractivity contribution >= 4 is 34.4 Å². The Hall–Kier alpha value is -2.09. The molecule has 1 heterocycles. The Labute approximate surface area is 163 Å². The van der Waals surface area contributed by atoms with Crippen molar-refractivity contribution in [2.75, 3.05) is 18.5 Å². The van der Waals surface area contributed by atoms with Crippen molar-refractivity contribution in [1.82, 2.24) is 10.3 Å². The van der Waals surface area contributed by atoms with Gasteiger partial charge in [0.1, 0.15) is 11.4 Å². The zero-order chi connectivity index (χ0) is 20.2. The maximum Gasteiger partial charge on any atom is 0.408 e. The molecule has 0 aliphatic carbocycles. The van der Waals surface area contributed by atoms with Crippen molar-refractivity contribution in [3.63, 3.8) is 0 Å². The summed E-state index contributed by atoms with van der Waals surface area (Å²) in [5, 5.41) is 25.8. The van der Waals surface area contributed by atoms with Gasteiger partial charge in [0.2, 0.25) is 0 Å². The lowest BCUT2D eigenvalue weighted by Crippen LogP contribution is -2.34. The third-order valence-electron chi connectivity index (χ3n) is 3.74. The summed E-state index contributed by atoms with van der Waals surface area (Å²) in [6.07, 6.45) is -1.47. The number of hydrogen-bond donors (Lipinski definition) is 4. The minimum absolute atomic E-state index is 0.103. The Bertz CT molecular complexity index is 807. The number of carbonyl (C=O) groups is 1. The summed E-state index contributed by atoms with van der Waals surface area (Å²) in [6, 6.07) is 6.91. The molecule has 0 fully saturated rings. The Morgan fingerprint density at radius 3 is 2.70 bits per heavy atom. The van der Waals surface area contributed by atoms with Crippen LogP contribution in [0.2, 0.25) is 5.02 Å². The fraction of sp³-hybridized carbons (Fsp3) is 0.474. The SMILES string of the molecule is CC(NC(=O)OC(C)(C)C)c1cc2cccc(Cl)c2nc1NCC(O)CO. The molecular weight excluding hydrogens is 370 g/mol. The Morgan fingerprint density at radius 2 is 2.07 bits per heavy atom. The van der Waals surface area contributed by atoms with Crippen LogP contribution in [0.1, 0.15) is 39.3 Å². The van der Waals surface area contributed by atoms with Crippen molar-refractivity contribution in [3.8, 4) is 0 Å². The third kappa shape index (κ3) is 5.95. The fourth-order valence-corrected chi connectivity index (χ4v) is 2.72. The number of para-hydroxylation sites is 1. The van der Waals surface area contributed by atoms with Crippen molar-refractivity contribution in [3.05, 3.63) is 34.9 Å².